The molecule has 0 radical (unpaired) electrons. The molecule has 0 aromatic rings. The molecule has 0 saturated heterocycles. The summed E-state index contributed by atoms with van der Waals surface area (Å²) in [6, 6.07) is 0. The zero-order chi connectivity index (χ0) is 9.10. The van der Waals surface area contributed by atoms with Gasteiger partial charge in [-0.05, 0) is 43.3 Å². The van der Waals surface area contributed by atoms with Crippen molar-refractivity contribution < 1.29 is 4.39 Å². The van der Waals surface area contributed by atoms with Gasteiger partial charge in [0.1, 0.15) is 5.83 Å². The highest BCUT2D eigenvalue weighted by Gasteiger charge is 2.22. The standard InChI is InChI=1S/C12H17F/c13-12-8-4-7-11(9-12)10-5-2-1-3-6-10/h4,8-11H,1-3,5-7H2. The summed E-state index contributed by atoms with van der Waals surface area (Å²) >= 11 is 0. The minimum atomic E-state index is -0.0261. The molecule has 1 heteroatoms. The van der Waals surface area contributed by atoms with E-state index in [0.29, 0.717) is 5.92 Å². The summed E-state index contributed by atoms with van der Waals surface area (Å²) < 4.78 is 13.0. The van der Waals surface area contributed by atoms with Gasteiger partial charge < -0.3 is 0 Å². The van der Waals surface area contributed by atoms with Gasteiger partial charge in [0.15, 0.2) is 0 Å². The van der Waals surface area contributed by atoms with Gasteiger partial charge in [0.2, 0.25) is 0 Å². The molecule has 0 heterocycles. The smallest absolute Gasteiger partial charge is 0.119 e. The molecule has 0 bridgehead atoms. The maximum atomic E-state index is 13.0. The molecule has 1 unspecified atom stereocenters. The molecule has 13 heavy (non-hydrogen) atoms. The van der Waals surface area contributed by atoms with Crippen LogP contribution in [0.5, 0.6) is 0 Å². The summed E-state index contributed by atoms with van der Waals surface area (Å²) in [6.45, 7) is 0. The molecule has 0 amide bonds. The van der Waals surface area contributed by atoms with E-state index in [2.05, 4.69) is 0 Å². The molecule has 2 aliphatic rings. The third-order valence-corrected chi connectivity index (χ3v) is 3.31. The van der Waals surface area contributed by atoms with Gasteiger partial charge in [-0.3, -0.25) is 0 Å². The van der Waals surface area contributed by atoms with Crippen LogP contribution in [0.2, 0.25) is 0 Å². The normalized spacial score (nSPS) is 30.2. The van der Waals surface area contributed by atoms with Crippen molar-refractivity contribution in [3.63, 3.8) is 0 Å². The lowest BCUT2D eigenvalue weighted by Crippen LogP contribution is -2.17. The fraction of sp³-hybridized carbons (Fsp3) is 0.667. The van der Waals surface area contributed by atoms with Crippen LogP contribution in [0.3, 0.4) is 0 Å². The summed E-state index contributed by atoms with van der Waals surface area (Å²) in [5, 5.41) is 0. The van der Waals surface area contributed by atoms with Crippen molar-refractivity contribution in [1.82, 2.24) is 0 Å². The van der Waals surface area contributed by atoms with Crippen LogP contribution in [0, 0.1) is 11.8 Å². The molecule has 2 aliphatic carbocycles. The fourth-order valence-corrected chi connectivity index (χ4v) is 2.56. The molecule has 1 fully saturated rings. The Morgan fingerprint density at radius 1 is 1.15 bits per heavy atom. The van der Waals surface area contributed by atoms with Crippen LogP contribution in [0.25, 0.3) is 0 Å². The molecule has 0 aromatic carbocycles. The molecule has 72 valence electrons. The fourth-order valence-electron chi connectivity index (χ4n) is 2.56. The minimum absolute atomic E-state index is 0.0261. The van der Waals surface area contributed by atoms with Crippen molar-refractivity contribution in [2.45, 2.75) is 38.5 Å². The first-order valence-electron chi connectivity index (χ1n) is 5.40. The van der Waals surface area contributed by atoms with Crippen LogP contribution < -0.4 is 0 Å². The average molecular weight is 180 g/mol. The Bertz CT molecular complexity index is 221. The second-order valence-electron chi connectivity index (χ2n) is 4.25. The first-order valence-corrected chi connectivity index (χ1v) is 5.40. The zero-order valence-electron chi connectivity index (χ0n) is 8.01. The van der Waals surface area contributed by atoms with E-state index in [1.54, 1.807) is 6.08 Å². The lowest BCUT2D eigenvalue weighted by atomic mass is 9.77. The first-order chi connectivity index (χ1) is 6.36. The predicted octanol–water partition coefficient (Wildman–Crippen LogP) is 4.00. The lowest BCUT2D eigenvalue weighted by molar-refractivity contribution is 0.283. The Morgan fingerprint density at radius 2 is 1.92 bits per heavy atom. The molecule has 0 spiro atoms. The molecular weight excluding hydrogens is 163 g/mol. The summed E-state index contributed by atoms with van der Waals surface area (Å²) in [4.78, 5) is 0. The topological polar surface area (TPSA) is 0 Å². The van der Waals surface area contributed by atoms with Gasteiger partial charge in [0.05, 0.1) is 0 Å². The van der Waals surface area contributed by atoms with E-state index in [0.717, 1.165) is 12.3 Å². The molecule has 0 aromatic heterocycles. The summed E-state index contributed by atoms with van der Waals surface area (Å²) in [5.41, 5.74) is 0. The molecule has 0 N–H and O–H groups in total. The van der Waals surface area contributed by atoms with E-state index >= 15 is 0 Å². The molecule has 0 aliphatic heterocycles. The SMILES string of the molecule is FC1=CC(C2CCCCC2)CC=C1. The first kappa shape index (κ1) is 8.98. The Hall–Kier alpha value is -0.590. The van der Waals surface area contributed by atoms with Crippen molar-refractivity contribution in [1.29, 1.82) is 0 Å². The van der Waals surface area contributed by atoms with Crippen molar-refractivity contribution in [2.75, 3.05) is 0 Å². The molecule has 1 saturated carbocycles. The van der Waals surface area contributed by atoms with Crippen LogP contribution >= 0.6 is 0 Å². The van der Waals surface area contributed by atoms with E-state index in [4.69, 9.17) is 0 Å². The van der Waals surface area contributed by atoms with Crippen molar-refractivity contribution in [3.8, 4) is 0 Å². The Labute approximate surface area is 79.5 Å². The predicted molar refractivity (Wildman–Crippen MR) is 53.0 cm³/mol. The van der Waals surface area contributed by atoms with Gasteiger partial charge in [-0.15, -0.1) is 0 Å². The van der Waals surface area contributed by atoms with Gasteiger partial charge in [-0.25, -0.2) is 4.39 Å². The van der Waals surface area contributed by atoms with Crippen molar-refractivity contribution in [2.24, 2.45) is 11.8 Å². The second kappa shape index (κ2) is 4.08. The van der Waals surface area contributed by atoms with E-state index in [1.165, 1.54) is 32.1 Å². The van der Waals surface area contributed by atoms with Crippen LogP contribution in [0.4, 0.5) is 4.39 Å². The number of rotatable bonds is 1. The Kier molecular flexibility index (Phi) is 2.82. The van der Waals surface area contributed by atoms with E-state index in [1.807, 2.05) is 12.2 Å². The number of halogens is 1. The summed E-state index contributed by atoms with van der Waals surface area (Å²) in [6.07, 6.45) is 13.2. The Morgan fingerprint density at radius 3 is 2.62 bits per heavy atom. The van der Waals surface area contributed by atoms with Crippen molar-refractivity contribution >= 4 is 0 Å². The van der Waals surface area contributed by atoms with Gasteiger partial charge in [0.25, 0.3) is 0 Å². The maximum Gasteiger partial charge on any atom is 0.119 e. The minimum Gasteiger partial charge on any atom is -0.207 e. The molecule has 1 atom stereocenters. The third-order valence-electron chi connectivity index (χ3n) is 3.31. The average Bonchev–Trinajstić information content (AvgIpc) is 2.19. The van der Waals surface area contributed by atoms with Crippen molar-refractivity contribution in [3.05, 3.63) is 24.1 Å². The Balaban J connectivity index is 1.96. The second-order valence-corrected chi connectivity index (χ2v) is 4.25. The lowest BCUT2D eigenvalue weighted by Gasteiger charge is -2.28. The van der Waals surface area contributed by atoms with Crippen LogP contribution in [-0.4, -0.2) is 0 Å². The largest absolute Gasteiger partial charge is 0.207 e. The van der Waals surface area contributed by atoms with Crippen LogP contribution in [-0.2, 0) is 0 Å². The van der Waals surface area contributed by atoms with Gasteiger partial charge in [-0.2, -0.15) is 0 Å². The number of hydrogen-bond donors (Lipinski definition) is 0. The number of allylic oxidation sites excluding steroid dienone is 4. The van der Waals surface area contributed by atoms with Crippen LogP contribution in [0.1, 0.15) is 38.5 Å². The zero-order valence-corrected chi connectivity index (χ0v) is 8.01. The van der Waals surface area contributed by atoms with E-state index in [-0.39, 0.29) is 5.83 Å². The van der Waals surface area contributed by atoms with Gasteiger partial charge in [0, 0.05) is 0 Å². The molecular formula is C12H17F. The quantitative estimate of drug-likeness (QED) is 0.572. The highest BCUT2D eigenvalue weighted by atomic mass is 19.1. The van der Waals surface area contributed by atoms with Gasteiger partial charge in [-0.1, -0.05) is 25.3 Å². The van der Waals surface area contributed by atoms with Gasteiger partial charge >= 0.3 is 0 Å². The summed E-state index contributed by atoms with van der Waals surface area (Å²) in [5.74, 6) is 1.22. The van der Waals surface area contributed by atoms with E-state index in [9.17, 15) is 4.39 Å². The third kappa shape index (κ3) is 2.20. The van der Waals surface area contributed by atoms with E-state index < -0.39 is 0 Å². The highest BCUT2D eigenvalue weighted by molar-refractivity contribution is 5.18. The van der Waals surface area contributed by atoms with Crippen LogP contribution in [0.15, 0.2) is 24.1 Å². The monoisotopic (exact) mass is 180 g/mol. The number of hydrogen-bond acceptors (Lipinski definition) is 0. The highest BCUT2D eigenvalue weighted by Crippen LogP contribution is 2.35. The molecule has 2 rings (SSSR count). The molecule has 0 nitrogen and oxygen atoms in total. The maximum absolute atomic E-state index is 13.0. The summed E-state index contributed by atoms with van der Waals surface area (Å²) in [7, 11) is 0.